The molecule has 0 atom stereocenters. The van der Waals surface area contributed by atoms with Gasteiger partial charge in [0.25, 0.3) is 0 Å². The molecule has 2 rings (SSSR count). The van der Waals surface area contributed by atoms with E-state index in [4.69, 9.17) is 15.9 Å². The summed E-state index contributed by atoms with van der Waals surface area (Å²) in [5.41, 5.74) is 6.85. The van der Waals surface area contributed by atoms with Crippen molar-refractivity contribution in [2.24, 2.45) is 5.73 Å². The van der Waals surface area contributed by atoms with Gasteiger partial charge in [-0.25, -0.2) is 0 Å². The number of aromatic nitrogens is 1. The Morgan fingerprint density at radius 2 is 2.17 bits per heavy atom. The minimum Gasteiger partial charge on any atom is -0.489 e. The monoisotopic (exact) mass is 305 g/mol. The molecule has 0 spiro atoms. The molecule has 18 heavy (non-hydrogen) atoms. The summed E-state index contributed by atoms with van der Waals surface area (Å²) in [6.07, 6.45) is 1.58. The van der Waals surface area contributed by atoms with Crippen molar-refractivity contribution in [1.82, 2.24) is 4.98 Å². The summed E-state index contributed by atoms with van der Waals surface area (Å²) < 4.78 is 6.64. The van der Waals surface area contributed by atoms with E-state index in [1.54, 1.807) is 18.3 Å². The molecule has 0 aliphatic carbocycles. The summed E-state index contributed by atoms with van der Waals surface area (Å²) in [6, 6.07) is 11.3. The van der Waals surface area contributed by atoms with Crippen LogP contribution in [-0.4, -0.2) is 10.8 Å². The van der Waals surface area contributed by atoms with Gasteiger partial charge < -0.3 is 10.5 Å². The molecule has 1 heterocycles. The summed E-state index contributed by atoms with van der Waals surface area (Å²) >= 11 is 3.41. The van der Waals surface area contributed by atoms with Crippen molar-refractivity contribution in [3.8, 4) is 5.75 Å². The fraction of sp³-hybridized carbons (Fsp3) is 0.0769. The molecule has 92 valence electrons. The van der Waals surface area contributed by atoms with Gasteiger partial charge in [0.1, 0.15) is 23.9 Å². The molecule has 5 heteroatoms. The Balaban J connectivity index is 2.06. The SMILES string of the molecule is N=C(N)c1cc(OCc2cccc(Br)c2)ccn1. The highest BCUT2D eigenvalue weighted by Crippen LogP contribution is 2.16. The van der Waals surface area contributed by atoms with E-state index in [0.29, 0.717) is 18.1 Å². The number of hydrogen-bond acceptors (Lipinski definition) is 3. The number of nitrogens with one attached hydrogen (secondary N) is 1. The van der Waals surface area contributed by atoms with E-state index in [0.717, 1.165) is 10.0 Å². The Labute approximate surface area is 113 Å². The second-order valence-corrected chi connectivity index (χ2v) is 4.62. The number of ether oxygens (including phenoxy) is 1. The summed E-state index contributed by atoms with van der Waals surface area (Å²) in [5, 5.41) is 7.31. The zero-order valence-corrected chi connectivity index (χ0v) is 11.1. The van der Waals surface area contributed by atoms with Crippen LogP contribution in [0.5, 0.6) is 5.75 Å². The molecule has 2 aromatic rings. The first kappa shape index (κ1) is 12.6. The highest BCUT2D eigenvalue weighted by atomic mass is 79.9. The standard InChI is InChI=1S/C13H12BrN3O/c14-10-3-1-2-9(6-10)8-18-11-4-5-17-12(7-11)13(15)16/h1-7H,8H2,(H3,15,16). The normalized spacial score (nSPS) is 10.1. The van der Waals surface area contributed by atoms with Gasteiger partial charge in [-0.15, -0.1) is 0 Å². The third kappa shape index (κ3) is 3.30. The van der Waals surface area contributed by atoms with Gasteiger partial charge in [0.05, 0.1) is 0 Å². The lowest BCUT2D eigenvalue weighted by molar-refractivity contribution is 0.305. The van der Waals surface area contributed by atoms with Gasteiger partial charge in [0.15, 0.2) is 0 Å². The van der Waals surface area contributed by atoms with E-state index in [-0.39, 0.29) is 5.84 Å². The first-order chi connectivity index (χ1) is 8.65. The van der Waals surface area contributed by atoms with Crippen LogP contribution in [0.25, 0.3) is 0 Å². The lowest BCUT2D eigenvalue weighted by Crippen LogP contribution is -2.13. The second-order valence-electron chi connectivity index (χ2n) is 3.71. The fourth-order valence-electron chi connectivity index (χ4n) is 1.44. The van der Waals surface area contributed by atoms with Crippen molar-refractivity contribution in [3.63, 3.8) is 0 Å². The molecule has 3 N–H and O–H groups in total. The number of amidine groups is 1. The molecular weight excluding hydrogens is 294 g/mol. The molecule has 0 fully saturated rings. The second kappa shape index (κ2) is 5.64. The zero-order chi connectivity index (χ0) is 13.0. The van der Waals surface area contributed by atoms with Gasteiger partial charge in [-0.1, -0.05) is 28.1 Å². The number of nitrogen functional groups attached to an aromatic ring is 1. The van der Waals surface area contributed by atoms with E-state index >= 15 is 0 Å². The molecule has 1 aromatic carbocycles. The van der Waals surface area contributed by atoms with Crippen molar-refractivity contribution in [3.05, 3.63) is 58.3 Å². The van der Waals surface area contributed by atoms with Crippen molar-refractivity contribution in [1.29, 1.82) is 5.41 Å². The van der Waals surface area contributed by atoms with Gasteiger partial charge in [0, 0.05) is 16.7 Å². The number of nitrogens with zero attached hydrogens (tertiary/aromatic N) is 1. The molecule has 0 saturated carbocycles. The maximum absolute atomic E-state index is 7.31. The van der Waals surface area contributed by atoms with E-state index in [1.165, 1.54) is 0 Å². The first-order valence-corrected chi connectivity index (χ1v) is 6.12. The number of pyridine rings is 1. The van der Waals surface area contributed by atoms with Crippen LogP contribution in [0.1, 0.15) is 11.3 Å². The third-order valence-electron chi connectivity index (χ3n) is 2.30. The molecule has 0 radical (unpaired) electrons. The quantitative estimate of drug-likeness (QED) is 0.674. The van der Waals surface area contributed by atoms with E-state index in [1.807, 2.05) is 24.3 Å². The van der Waals surface area contributed by atoms with Crippen LogP contribution in [0.15, 0.2) is 47.1 Å². The summed E-state index contributed by atoms with van der Waals surface area (Å²) in [4.78, 5) is 3.97. The molecule has 4 nitrogen and oxygen atoms in total. The summed E-state index contributed by atoms with van der Waals surface area (Å²) in [7, 11) is 0. The van der Waals surface area contributed by atoms with Gasteiger partial charge in [0.2, 0.25) is 0 Å². The van der Waals surface area contributed by atoms with Crippen molar-refractivity contribution >= 4 is 21.8 Å². The topological polar surface area (TPSA) is 72.0 Å². The van der Waals surface area contributed by atoms with E-state index < -0.39 is 0 Å². The van der Waals surface area contributed by atoms with E-state index in [2.05, 4.69) is 20.9 Å². The molecular formula is C13H12BrN3O. The van der Waals surface area contributed by atoms with Crippen molar-refractivity contribution in [2.45, 2.75) is 6.61 Å². The highest BCUT2D eigenvalue weighted by Gasteiger charge is 2.01. The van der Waals surface area contributed by atoms with Crippen LogP contribution < -0.4 is 10.5 Å². The van der Waals surface area contributed by atoms with Crippen LogP contribution in [-0.2, 0) is 6.61 Å². The van der Waals surface area contributed by atoms with Crippen LogP contribution in [0.3, 0.4) is 0 Å². The van der Waals surface area contributed by atoms with Gasteiger partial charge >= 0.3 is 0 Å². The van der Waals surface area contributed by atoms with Crippen LogP contribution >= 0.6 is 15.9 Å². The minimum atomic E-state index is -0.0668. The number of hydrogen-bond donors (Lipinski definition) is 2. The molecule has 0 bridgehead atoms. The largest absolute Gasteiger partial charge is 0.489 e. The average molecular weight is 306 g/mol. The lowest BCUT2D eigenvalue weighted by atomic mass is 10.2. The Bertz CT molecular complexity index is 572. The van der Waals surface area contributed by atoms with Gasteiger partial charge in [-0.3, -0.25) is 10.4 Å². The number of rotatable bonds is 4. The lowest BCUT2D eigenvalue weighted by Gasteiger charge is -2.07. The van der Waals surface area contributed by atoms with Crippen molar-refractivity contribution in [2.75, 3.05) is 0 Å². The maximum atomic E-state index is 7.31. The van der Waals surface area contributed by atoms with E-state index in [9.17, 15) is 0 Å². The fourth-order valence-corrected chi connectivity index (χ4v) is 1.89. The Morgan fingerprint density at radius 1 is 1.33 bits per heavy atom. The number of halogens is 1. The molecule has 0 saturated heterocycles. The third-order valence-corrected chi connectivity index (χ3v) is 2.80. The minimum absolute atomic E-state index is 0.0668. The Kier molecular flexibility index (Phi) is 3.94. The molecule has 0 unspecified atom stereocenters. The summed E-state index contributed by atoms with van der Waals surface area (Å²) in [6.45, 7) is 0.459. The highest BCUT2D eigenvalue weighted by molar-refractivity contribution is 9.10. The zero-order valence-electron chi connectivity index (χ0n) is 9.56. The van der Waals surface area contributed by atoms with Crippen molar-refractivity contribution < 1.29 is 4.74 Å². The number of benzene rings is 1. The predicted octanol–water partition coefficient (Wildman–Crippen LogP) is 2.71. The van der Waals surface area contributed by atoms with Crippen LogP contribution in [0.2, 0.25) is 0 Å². The molecule has 0 amide bonds. The Morgan fingerprint density at radius 3 is 2.89 bits per heavy atom. The predicted molar refractivity (Wildman–Crippen MR) is 73.7 cm³/mol. The summed E-state index contributed by atoms with van der Waals surface area (Å²) in [5.74, 6) is 0.582. The molecule has 0 aliphatic heterocycles. The maximum Gasteiger partial charge on any atom is 0.141 e. The average Bonchev–Trinajstić information content (AvgIpc) is 2.37. The van der Waals surface area contributed by atoms with Crippen LogP contribution in [0, 0.1) is 5.41 Å². The molecule has 0 aliphatic rings. The first-order valence-electron chi connectivity index (χ1n) is 5.33. The number of nitrogens with two attached hydrogens (primary N) is 1. The molecule has 1 aromatic heterocycles. The van der Waals surface area contributed by atoms with Crippen LogP contribution in [0.4, 0.5) is 0 Å². The van der Waals surface area contributed by atoms with Gasteiger partial charge in [-0.2, -0.15) is 0 Å². The van der Waals surface area contributed by atoms with Gasteiger partial charge in [-0.05, 0) is 23.8 Å². The smallest absolute Gasteiger partial charge is 0.141 e. The Hall–Kier alpha value is -1.88.